The molecular weight excluding hydrogens is 392 g/mol. The van der Waals surface area contributed by atoms with Gasteiger partial charge in [-0.25, -0.2) is 0 Å². The van der Waals surface area contributed by atoms with Crippen LogP contribution in [0.4, 0.5) is 5.69 Å². The summed E-state index contributed by atoms with van der Waals surface area (Å²) in [6, 6.07) is 5.52. The van der Waals surface area contributed by atoms with Crippen molar-refractivity contribution in [1.82, 2.24) is 15.1 Å². The first-order chi connectivity index (χ1) is 11.5. The number of hydrogen-bond donors (Lipinski definition) is 2. The van der Waals surface area contributed by atoms with Crippen molar-refractivity contribution >= 4 is 38.9 Å². The largest absolute Gasteiger partial charge is 0.497 e. The van der Waals surface area contributed by atoms with Crippen LogP contribution < -0.4 is 20.1 Å². The lowest BCUT2D eigenvalue weighted by Crippen LogP contribution is -2.30. The van der Waals surface area contributed by atoms with Crippen LogP contribution in [0.15, 0.2) is 28.9 Å². The van der Waals surface area contributed by atoms with Crippen LogP contribution in [0.1, 0.15) is 12.1 Å². The smallest absolute Gasteiger partial charge is 0.170 e. The minimum absolute atomic E-state index is 0.541. The number of rotatable bonds is 7. The molecule has 0 saturated carbocycles. The van der Waals surface area contributed by atoms with E-state index >= 15 is 0 Å². The van der Waals surface area contributed by atoms with E-state index in [1.807, 2.05) is 36.0 Å². The highest BCUT2D eigenvalue weighted by Gasteiger charge is 2.07. The molecule has 0 unspecified atom stereocenters. The van der Waals surface area contributed by atoms with E-state index < -0.39 is 0 Å². The molecule has 0 aliphatic heterocycles. The Hall–Kier alpha value is -1.80. The van der Waals surface area contributed by atoms with Crippen LogP contribution in [0, 0.1) is 6.92 Å². The van der Waals surface area contributed by atoms with E-state index in [0.717, 1.165) is 41.1 Å². The van der Waals surface area contributed by atoms with Gasteiger partial charge in [0.1, 0.15) is 11.5 Å². The third kappa shape index (κ3) is 5.10. The number of halogens is 1. The number of benzene rings is 1. The molecule has 0 spiro atoms. The van der Waals surface area contributed by atoms with Crippen molar-refractivity contribution in [2.24, 2.45) is 0 Å². The molecule has 0 aliphatic carbocycles. The predicted octanol–water partition coefficient (Wildman–Crippen LogP) is 3.35. The second kappa shape index (κ2) is 8.89. The lowest BCUT2D eigenvalue weighted by atomic mass is 10.2. The second-order valence-electron chi connectivity index (χ2n) is 5.13. The van der Waals surface area contributed by atoms with Gasteiger partial charge >= 0.3 is 0 Å². The molecule has 2 aromatic rings. The van der Waals surface area contributed by atoms with E-state index in [9.17, 15) is 0 Å². The Bertz CT molecular complexity index is 686. The van der Waals surface area contributed by atoms with E-state index in [2.05, 4.69) is 31.7 Å². The van der Waals surface area contributed by atoms with Crippen molar-refractivity contribution in [2.45, 2.75) is 19.9 Å². The zero-order valence-electron chi connectivity index (χ0n) is 13.9. The zero-order valence-corrected chi connectivity index (χ0v) is 16.3. The summed E-state index contributed by atoms with van der Waals surface area (Å²) in [6.45, 7) is 3.54. The Kier molecular flexibility index (Phi) is 6.86. The van der Waals surface area contributed by atoms with Gasteiger partial charge in [-0.2, -0.15) is 5.10 Å². The molecule has 0 radical (unpaired) electrons. The van der Waals surface area contributed by atoms with Crippen LogP contribution in [0.2, 0.25) is 0 Å². The van der Waals surface area contributed by atoms with Gasteiger partial charge in [-0.05, 0) is 53.6 Å². The minimum Gasteiger partial charge on any atom is -0.497 e. The number of methoxy groups -OCH3 is 2. The van der Waals surface area contributed by atoms with Gasteiger partial charge in [-0.3, -0.25) is 4.68 Å². The minimum atomic E-state index is 0.541. The van der Waals surface area contributed by atoms with Crippen LogP contribution in [0.25, 0.3) is 0 Å². The van der Waals surface area contributed by atoms with Crippen LogP contribution in [0.5, 0.6) is 11.5 Å². The molecule has 0 saturated heterocycles. The van der Waals surface area contributed by atoms with Gasteiger partial charge < -0.3 is 20.1 Å². The molecule has 8 heteroatoms. The maximum atomic E-state index is 5.33. The molecule has 2 rings (SSSR count). The Labute approximate surface area is 155 Å². The number of aryl methyl sites for hydroxylation is 2. The number of nitrogens with zero attached hydrogens (tertiary/aromatic N) is 2. The van der Waals surface area contributed by atoms with E-state index in [1.54, 1.807) is 14.2 Å². The molecular formula is C16H21BrN4O2S. The summed E-state index contributed by atoms with van der Waals surface area (Å²) in [6.07, 6.45) is 2.89. The first kappa shape index (κ1) is 18.5. The predicted molar refractivity (Wildman–Crippen MR) is 103 cm³/mol. The summed E-state index contributed by atoms with van der Waals surface area (Å²) >= 11 is 8.79. The van der Waals surface area contributed by atoms with Crippen LogP contribution in [-0.2, 0) is 6.54 Å². The van der Waals surface area contributed by atoms with E-state index in [4.69, 9.17) is 21.7 Å². The third-order valence-corrected chi connectivity index (χ3v) is 4.42. The highest BCUT2D eigenvalue weighted by atomic mass is 79.9. The van der Waals surface area contributed by atoms with E-state index in [-0.39, 0.29) is 0 Å². The lowest BCUT2D eigenvalue weighted by molar-refractivity contribution is 0.405. The Morgan fingerprint density at radius 2 is 2.12 bits per heavy atom. The molecule has 2 N–H and O–H groups in total. The van der Waals surface area contributed by atoms with Crippen molar-refractivity contribution in [3.8, 4) is 11.5 Å². The van der Waals surface area contributed by atoms with Crippen molar-refractivity contribution in [2.75, 3.05) is 26.1 Å². The molecule has 6 nitrogen and oxygen atoms in total. The van der Waals surface area contributed by atoms with Gasteiger partial charge in [0.15, 0.2) is 5.11 Å². The maximum absolute atomic E-state index is 5.33. The second-order valence-corrected chi connectivity index (χ2v) is 6.39. The Balaban J connectivity index is 1.81. The number of ether oxygens (including phenoxy) is 2. The summed E-state index contributed by atoms with van der Waals surface area (Å²) in [7, 11) is 3.24. The first-order valence-corrected chi connectivity index (χ1v) is 8.70. The third-order valence-electron chi connectivity index (χ3n) is 3.39. The average Bonchev–Trinajstić information content (AvgIpc) is 2.89. The van der Waals surface area contributed by atoms with Gasteiger partial charge in [-0.1, -0.05) is 0 Å². The van der Waals surface area contributed by atoms with Crippen LogP contribution in [-0.4, -0.2) is 35.7 Å². The topological polar surface area (TPSA) is 60.3 Å². The summed E-state index contributed by atoms with van der Waals surface area (Å²) in [5.41, 5.74) is 1.76. The zero-order chi connectivity index (χ0) is 17.5. The van der Waals surface area contributed by atoms with Gasteiger partial charge in [0.25, 0.3) is 0 Å². The molecule has 0 bridgehead atoms. The van der Waals surface area contributed by atoms with E-state index in [0.29, 0.717) is 10.9 Å². The highest BCUT2D eigenvalue weighted by molar-refractivity contribution is 9.10. The molecule has 0 atom stereocenters. The van der Waals surface area contributed by atoms with Crippen molar-refractivity contribution in [3.63, 3.8) is 0 Å². The van der Waals surface area contributed by atoms with Gasteiger partial charge in [0, 0.05) is 25.4 Å². The fourth-order valence-corrected chi connectivity index (χ4v) is 2.66. The number of anilines is 1. The van der Waals surface area contributed by atoms with Gasteiger partial charge in [0.2, 0.25) is 0 Å². The van der Waals surface area contributed by atoms with Crippen LogP contribution in [0.3, 0.4) is 0 Å². The number of aromatic nitrogens is 2. The molecule has 130 valence electrons. The molecule has 0 amide bonds. The molecule has 0 aliphatic rings. The summed E-state index contributed by atoms with van der Waals surface area (Å²) in [5.74, 6) is 1.44. The quantitative estimate of drug-likeness (QED) is 0.537. The summed E-state index contributed by atoms with van der Waals surface area (Å²) < 4.78 is 13.5. The van der Waals surface area contributed by atoms with E-state index in [1.165, 1.54) is 0 Å². The summed E-state index contributed by atoms with van der Waals surface area (Å²) in [5, 5.41) is 11.3. The first-order valence-electron chi connectivity index (χ1n) is 7.50. The van der Waals surface area contributed by atoms with Gasteiger partial charge in [-0.15, -0.1) is 0 Å². The van der Waals surface area contributed by atoms with Crippen molar-refractivity contribution in [3.05, 3.63) is 34.6 Å². The van der Waals surface area contributed by atoms with Gasteiger partial charge in [0.05, 0.1) is 30.1 Å². The fraction of sp³-hybridized carbons (Fsp3) is 0.375. The molecule has 1 heterocycles. The maximum Gasteiger partial charge on any atom is 0.170 e. The Morgan fingerprint density at radius 1 is 1.33 bits per heavy atom. The summed E-state index contributed by atoms with van der Waals surface area (Å²) in [4.78, 5) is 0. The molecule has 1 aromatic carbocycles. The molecule has 24 heavy (non-hydrogen) atoms. The number of thiocarbonyl (C=S) groups is 1. The molecule has 1 aromatic heterocycles. The molecule has 0 fully saturated rings. The Morgan fingerprint density at radius 3 is 2.75 bits per heavy atom. The number of hydrogen-bond acceptors (Lipinski definition) is 4. The SMILES string of the molecule is COc1ccc(OC)c(NC(=S)NCCCn2cc(Br)c(C)n2)c1. The normalized spacial score (nSPS) is 10.3. The van der Waals surface area contributed by atoms with Crippen molar-refractivity contribution in [1.29, 1.82) is 0 Å². The highest BCUT2D eigenvalue weighted by Crippen LogP contribution is 2.28. The monoisotopic (exact) mass is 412 g/mol. The number of nitrogens with one attached hydrogen (secondary N) is 2. The average molecular weight is 413 g/mol. The lowest BCUT2D eigenvalue weighted by Gasteiger charge is -2.14. The van der Waals surface area contributed by atoms with Crippen molar-refractivity contribution < 1.29 is 9.47 Å². The van der Waals surface area contributed by atoms with Crippen LogP contribution >= 0.6 is 28.1 Å². The fourth-order valence-electron chi connectivity index (χ4n) is 2.13. The standard InChI is InChI=1S/C16H21BrN4O2S/c1-11-13(17)10-21(20-11)8-4-7-18-16(24)19-14-9-12(22-2)5-6-15(14)23-3/h5-6,9-10H,4,7-8H2,1-3H3,(H2,18,19,24).